The number of hydrogen-bond donors (Lipinski definition) is 1. The minimum atomic E-state index is -0.0357. The van der Waals surface area contributed by atoms with Crippen molar-refractivity contribution in [3.05, 3.63) is 53.9 Å². The molecular formula is C20H26N4O3. The first-order valence-electron chi connectivity index (χ1n) is 9.05. The highest BCUT2D eigenvalue weighted by Crippen LogP contribution is 2.28. The minimum absolute atomic E-state index is 0.0357. The molecule has 2 aromatic rings. The molecule has 27 heavy (non-hydrogen) atoms. The van der Waals surface area contributed by atoms with E-state index in [9.17, 15) is 4.79 Å². The average Bonchev–Trinajstić information content (AvgIpc) is 2.73. The molecule has 1 aliphatic rings. The number of ether oxygens (including phenoxy) is 2. The maximum Gasteiger partial charge on any atom is 0.317 e. The first-order valence-corrected chi connectivity index (χ1v) is 9.05. The molecular weight excluding hydrogens is 344 g/mol. The summed E-state index contributed by atoms with van der Waals surface area (Å²) in [6.07, 6.45) is 1.73. The van der Waals surface area contributed by atoms with E-state index in [0.717, 1.165) is 36.8 Å². The SMILES string of the molecule is COc1ccc(CN2CCN(C(=O)NCc3ccccn3)CC2)cc1OC. The van der Waals surface area contributed by atoms with Crippen molar-refractivity contribution in [3.63, 3.8) is 0 Å². The van der Waals surface area contributed by atoms with E-state index in [0.29, 0.717) is 19.6 Å². The van der Waals surface area contributed by atoms with E-state index < -0.39 is 0 Å². The second kappa shape index (κ2) is 9.23. The molecule has 0 aliphatic carbocycles. The molecule has 0 spiro atoms. The van der Waals surface area contributed by atoms with Crippen LogP contribution in [0.5, 0.6) is 11.5 Å². The number of carbonyl (C=O) groups is 1. The molecule has 2 amide bonds. The van der Waals surface area contributed by atoms with Crippen LogP contribution in [0.25, 0.3) is 0 Å². The summed E-state index contributed by atoms with van der Waals surface area (Å²) in [4.78, 5) is 20.7. The standard InChI is InChI=1S/C20H26N4O3/c1-26-18-7-6-16(13-19(18)27-2)15-23-9-11-24(12-10-23)20(25)22-14-17-5-3-4-8-21-17/h3-8,13H,9-12,14-15H2,1-2H3,(H,22,25). The van der Waals surface area contributed by atoms with Crippen LogP contribution >= 0.6 is 0 Å². The van der Waals surface area contributed by atoms with Crippen molar-refractivity contribution in [1.82, 2.24) is 20.1 Å². The van der Waals surface area contributed by atoms with E-state index in [1.54, 1.807) is 20.4 Å². The fourth-order valence-corrected chi connectivity index (χ4v) is 3.13. The Bertz CT molecular complexity index is 746. The summed E-state index contributed by atoms with van der Waals surface area (Å²) in [7, 11) is 3.28. The summed E-state index contributed by atoms with van der Waals surface area (Å²) < 4.78 is 10.7. The molecule has 1 aromatic heterocycles. The summed E-state index contributed by atoms with van der Waals surface area (Å²) in [6, 6.07) is 11.6. The number of aromatic nitrogens is 1. The summed E-state index contributed by atoms with van der Waals surface area (Å²) in [6.45, 7) is 4.37. The number of benzene rings is 1. The number of carbonyl (C=O) groups excluding carboxylic acids is 1. The lowest BCUT2D eigenvalue weighted by atomic mass is 10.1. The van der Waals surface area contributed by atoms with Crippen LogP contribution in [0.15, 0.2) is 42.6 Å². The number of amides is 2. The maximum atomic E-state index is 12.3. The number of nitrogens with zero attached hydrogens (tertiary/aromatic N) is 3. The molecule has 1 fully saturated rings. The van der Waals surface area contributed by atoms with Gasteiger partial charge in [-0.3, -0.25) is 9.88 Å². The summed E-state index contributed by atoms with van der Waals surface area (Å²) >= 11 is 0. The topological polar surface area (TPSA) is 66.9 Å². The van der Waals surface area contributed by atoms with Crippen LogP contribution in [0.4, 0.5) is 4.79 Å². The van der Waals surface area contributed by atoms with Gasteiger partial charge in [0.2, 0.25) is 0 Å². The zero-order valence-electron chi connectivity index (χ0n) is 15.9. The number of hydrogen-bond acceptors (Lipinski definition) is 5. The van der Waals surface area contributed by atoms with Gasteiger partial charge < -0.3 is 19.7 Å². The fourth-order valence-electron chi connectivity index (χ4n) is 3.13. The third-order valence-corrected chi connectivity index (χ3v) is 4.66. The molecule has 1 aliphatic heterocycles. The van der Waals surface area contributed by atoms with Gasteiger partial charge in [-0.2, -0.15) is 0 Å². The molecule has 1 saturated heterocycles. The van der Waals surface area contributed by atoms with Crippen molar-refractivity contribution in [1.29, 1.82) is 0 Å². The third-order valence-electron chi connectivity index (χ3n) is 4.66. The molecule has 7 heteroatoms. The number of nitrogens with one attached hydrogen (secondary N) is 1. The normalized spacial score (nSPS) is 14.7. The largest absolute Gasteiger partial charge is 0.493 e. The Morgan fingerprint density at radius 1 is 1.07 bits per heavy atom. The molecule has 1 aromatic carbocycles. The Kier molecular flexibility index (Phi) is 6.49. The fraction of sp³-hybridized carbons (Fsp3) is 0.400. The van der Waals surface area contributed by atoms with Crippen molar-refractivity contribution in [2.75, 3.05) is 40.4 Å². The molecule has 0 bridgehead atoms. The van der Waals surface area contributed by atoms with Crippen LogP contribution < -0.4 is 14.8 Å². The minimum Gasteiger partial charge on any atom is -0.493 e. The van der Waals surface area contributed by atoms with Crippen molar-refractivity contribution < 1.29 is 14.3 Å². The summed E-state index contributed by atoms with van der Waals surface area (Å²) in [5.74, 6) is 1.47. The second-order valence-corrected chi connectivity index (χ2v) is 6.43. The van der Waals surface area contributed by atoms with Gasteiger partial charge in [0.1, 0.15) is 0 Å². The first kappa shape index (κ1) is 19.0. The summed E-state index contributed by atoms with van der Waals surface area (Å²) in [5, 5.41) is 2.94. The Balaban J connectivity index is 1.46. The van der Waals surface area contributed by atoms with E-state index in [1.807, 2.05) is 41.3 Å². The average molecular weight is 370 g/mol. The molecule has 0 saturated carbocycles. The predicted molar refractivity (Wildman–Crippen MR) is 103 cm³/mol. The number of methoxy groups -OCH3 is 2. The van der Waals surface area contributed by atoms with Crippen molar-refractivity contribution in [2.45, 2.75) is 13.1 Å². The molecule has 0 atom stereocenters. The van der Waals surface area contributed by atoms with E-state index in [4.69, 9.17) is 9.47 Å². The highest BCUT2D eigenvalue weighted by molar-refractivity contribution is 5.74. The molecule has 3 rings (SSSR count). The van der Waals surface area contributed by atoms with Crippen LogP contribution in [-0.2, 0) is 13.1 Å². The number of piperazine rings is 1. The van der Waals surface area contributed by atoms with E-state index in [2.05, 4.69) is 15.2 Å². The molecule has 1 N–H and O–H groups in total. The van der Waals surface area contributed by atoms with E-state index in [-0.39, 0.29) is 6.03 Å². The van der Waals surface area contributed by atoms with Gasteiger partial charge in [0, 0.05) is 38.9 Å². The zero-order valence-corrected chi connectivity index (χ0v) is 15.9. The number of urea groups is 1. The van der Waals surface area contributed by atoms with E-state index >= 15 is 0 Å². The van der Waals surface area contributed by atoms with Crippen molar-refractivity contribution >= 4 is 6.03 Å². The molecule has 7 nitrogen and oxygen atoms in total. The highest BCUT2D eigenvalue weighted by Gasteiger charge is 2.21. The summed E-state index contributed by atoms with van der Waals surface area (Å²) in [5.41, 5.74) is 2.03. The van der Waals surface area contributed by atoms with Crippen molar-refractivity contribution in [3.8, 4) is 11.5 Å². The second-order valence-electron chi connectivity index (χ2n) is 6.43. The van der Waals surface area contributed by atoms with Crippen LogP contribution in [0, 0.1) is 0 Å². The molecule has 144 valence electrons. The maximum absolute atomic E-state index is 12.3. The number of rotatable bonds is 6. The smallest absolute Gasteiger partial charge is 0.317 e. The van der Waals surface area contributed by atoms with Crippen LogP contribution in [0.3, 0.4) is 0 Å². The van der Waals surface area contributed by atoms with Gasteiger partial charge in [-0.05, 0) is 29.8 Å². The van der Waals surface area contributed by atoms with Gasteiger partial charge >= 0.3 is 6.03 Å². The van der Waals surface area contributed by atoms with E-state index in [1.165, 1.54) is 5.56 Å². The predicted octanol–water partition coefficient (Wildman–Crippen LogP) is 2.13. The molecule has 0 unspecified atom stereocenters. The Morgan fingerprint density at radius 2 is 1.85 bits per heavy atom. The van der Waals surface area contributed by atoms with Crippen LogP contribution in [-0.4, -0.2) is 61.2 Å². The van der Waals surface area contributed by atoms with Crippen LogP contribution in [0.2, 0.25) is 0 Å². The zero-order chi connectivity index (χ0) is 19.1. The number of pyridine rings is 1. The van der Waals surface area contributed by atoms with Gasteiger partial charge in [-0.1, -0.05) is 12.1 Å². The van der Waals surface area contributed by atoms with Gasteiger partial charge in [-0.25, -0.2) is 4.79 Å². The van der Waals surface area contributed by atoms with Gasteiger partial charge in [0.15, 0.2) is 11.5 Å². The third kappa shape index (κ3) is 5.10. The first-order chi connectivity index (χ1) is 13.2. The lowest BCUT2D eigenvalue weighted by Crippen LogP contribution is -2.51. The highest BCUT2D eigenvalue weighted by atomic mass is 16.5. The quantitative estimate of drug-likeness (QED) is 0.844. The molecule has 0 radical (unpaired) electrons. The van der Waals surface area contributed by atoms with Crippen molar-refractivity contribution in [2.24, 2.45) is 0 Å². The Morgan fingerprint density at radius 3 is 2.52 bits per heavy atom. The van der Waals surface area contributed by atoms with Gasteiger partial charge in [-0.15, -0.1) is 0 Å². The lowest BCUT2D eigenvalue weighted by molar-refractivity contribution is 0.135. The molecule has 2 heterocycles. The Hall–Kier alpha value is -2.80. The van der Waals surface area contributed by atoms with Crippen LogP contribution in [0.1, 0.15) is 11.3 Å². The van der Waals surface area contributed by atoms with Gasteiger partial charge in [0.05, 0.1) is 26.5 Å². The Labute approximate surface area is 159 Å². The van der Waals surface area contributed by atoms with Gasteiger partial charge in [0.25, 0.3) is 0 Å². The lowest BCUT2D eigenvalue weighted by Gasteiger charge is -2.34. The monoisotopic (exact) mass is 370 g/mol.